The average Bonchev–Trinajstić information content (AvgIpc) is 2.18. The summed E-state index contributed by atoms with van der Waals surface area (Å²) in [7, 11) is 3.24. The summed E-state index contributed by atoms with van der Waals surface area (Å²) in [5.41, 5.74) is 0.439. The first-order valence-electron chi connectivity index (χ1n) is 4.45. The Morgan fingerprint density at radius 2 is 2.00 bits per heavy atom. The zero-order valence-corrected chi connectivity index (χ0v) is 8.64. The van der Waals surface area contributed by atoms with E-state index in [1.54, 1.807) is 32.3 Å². The number of carbonyl (C=O) groups excluding carboxylic acids is 1. The molecule has 0 aliphatic carbocycles. The van der Waals surface area contributed by atoms with Crippen LogP contribution in [0.2, 0.25) is 0 Å². The Bertz CT molecular complexity index is 388. The summed E-state index contributed by atoms with van der Waals surface area (Å²) < 4.78 is 0. The Labute approximate surface area is 87.5 Å². The van der Waals surface area contributed by atoms with E-state index in [0.29, 0.717) is 5.56 Å². The molecule has 0 atom stereocenters. The quantitative estimate of drug-likeness (QED) is 0.554. The number of para-hydroxylation sites is 1. The van der Waals surface area contributed by atoms with E-state index < -0.39 is 4.92 Å². The first-order chi connectivity index (χ1) is 7.02. The lowest BCUT2D eigenvalue weighted by Gasteiger charge is -2.09. The number of likely N-dealkylation sites (N-methyl/N-ethyl adjacent to an activating group) is 1. The molecule has 0 saturated heterocycles. The number of rotatable bonds is 3. The first-order valence-corrected chi connectivity index (χ1v) is 4.45. The van der Waals surface area contributed by atoms with Gasteiger partial charge in [0.25, 0.3) is 5.69 Å². The molecule has 0 saturated carbocycles. The van der Waals surface area contributed by atoms with Crippen LogP contribution in [-0.2, 0) is 11.2 Å². The minimum atomic E-state index is -0.474. The van der Waals surface area contributed by atoms with Crippen molar-refractivity contribution in [2.75, 3.05) is 14.1 Å². The Morgan fingerprint density at radius 3 is 2.53 bits per heavy atom. The number of amides is 1. The number of hydrogen-bond acceptors (Lipinski definition) is 3. The van der Waals surface area contributed by atoms with Gasteiger partial charge in [0, 0.05) is 25.7 Å². The minimum Gasteiger partial charge on any atom is -0.349 e. The van der Waals surface area contributed by atoms with Crippen LogP contribution in [-0.4, -0.2) is 29.8 Å². The third kappa shape index (κ3) is 2.77. The topological polar surface area (TPSA) is 63.5 Å². The lowest BCUT2D eigenvalue weighted by molar-refractivity contribution is -0.385. The standard InChI is InChI=1S/C10H12N2O3/c1-11(2)10(13)7-8-5-3-4-6-9(8)12(14)15/h3-6H,7H2,1-2H3. The van der Waals surface area contributed by atoms with E-state index in [1.165, 1.54) is 11.0 Å². The van der Waals surface area contributed by atoms with E-state index in [9.17, 15) is 14.9 Å². The van der Waals surface area contributed by atoms with Crippen molar-refractivity contribution in [3.05, 3.63) is 39.9 Å². The maximum Gasteiger partial charge on any atom is 0.273 e. The molecule has 1 rings (SSSR count). The molecule has 0 aliphatic rings. The highest BCUT2D eigenvalue weighted by Gasteiger charge is 2.15. The van der Waals surface area contributed by atoms with Gasteiger partial charge in [0.15, 0.2) is 0 Å². The lowest BCUT2D eigenvalue weighted by Crippen LogP contribution is -2.23. The monoisotopic (exact) mass is 208 g/mol. The summed E-state index contributed by atoms with van der Waals surface area (Å²) >= 11 is 0. The second-order valence-corrected chi connectivity index (χ2v) is 3.35. The van der Waals surface area contributed by atoms with Gasteiger partial charge in [-0.2, -0.15) is 0 Å². The van der Waals surface area contributed by atoms with Crippen LogP contribution < -0.4 is 0 Å². The van der Waals surface area contributed by atoms with Gasteiger partial charge >= 0.3 is 0 Å². The zero-order chi connectivity index (χ0) is 11.4. The van der Waals surface area contributed by atoms with Gasteiger partial charge in [0.1, 0.15) is 0 Å². The number of benzene rings is 1. The van der Waals surface area contributed by atoms with Crippen molar-refractivity contribution in [1.82, 2.24) is 4.90 Å². The largest absolute Gasteiger partial charge is 0.349 e. The highest BCUT2D eigenvalue weighted by Crippen LogP contribution is 2.18. The Kier molecular flexibility index (Phi) is 3.38. The Hall–Kier alpha value is -1.91. The second kappa shape index (κ2) is 4.54. The predicted molar refractivity (Wildman–Crippen MR) is 55.5 cm³/mol. The van der Waals surface area contributed by atoms with Crippen molar-refractivity contribution in [1.29, 1.82) is 0 Å². The Balaban J connectivity index is 2.94. The SMILES string of the molecule is CN(C)C(=O)Cc1ccccc1[N+](=O)[O-]. The molecule has 1 amide bonds. The van der Waals surface area contributed by atoms with Crippen molar-refractivity contribution >= 4 is 11.6 Å². The van der Waals surface area contributed by atoms with E-state index in [1.807, 2.05) is 0 Å². The van der Waals surface area contributed by atoms with Gasteiger partial charge in [-0.3, -0.25) is 14.9 Å². The zero-order valence-electron chi connectivity index (χ0n) is 8.64. The number of carbonyl (C=O) groups is 1. The number of nitrogens with zero attached hydrogens (tertiary/aromatic N) is 2. The van der Waals surface area contributed by atoms with Crippen molar-refractivity contribution < 1.29 is 9.72 Å². The van der Waals surface area contributed by atoms with Gasteiger partial charge in [-0.05, 0) is 0 Å². The molecule has 0 bridgehead atoms. The summed E-state index contributed by atoms with van der Waals surface area (Å²) in [4.78, 5) is 23.0. The second-order valence-electron chi connectivity index (χ2n) is 3.35. The smallest absolute Gasteiger partial charge is 0.273 e. The Morgan fingerprint density at radius 1 is 1.40 bits per heavy atom. The number of nitro benzene ring substituents is 1. The lowest BCUT2D eigenvalue weighted by atomic mass is 10.1. The molecular weight excluding hydrogens is 196 g/mol. The summed E-state index contributed by atoms with van der Waals surface area (Å²) in [6.45, 7) is 0. The molecule has 0 N–H and O–H groups in total. The van der Waals surface area contributed by atoms with Crippen molar-refractivity contribution in [2.24, 2.45) is 0 Å². The minimum absolute atomic E-state index is 0.00676. The fourth-order valence-corrected chi connectivity index (χ4v) is 1.16. The number of nitro groups is 1. The van der Waals surface area contributed by atoms with Gasteiger partial charge in [0.2, 0.25) is 5.91 Å². The van der Waals surface area contributed by atoms with Crippen molar-refractivity contribution in [2.45, 2.75) is 6.42 Å². The van der Waals surface area contributed by atoms with Crippen LogP contribution in [0.25, 0.3) is 0 Å². The molecule has 5 nitrogen and oxygen atoms in total. The maximum absolute atomic E-state index is 11.4. The molecule has 0 spiro atoms. The molecule has 0 unspecified atom stereocenters. The van der Waals surface area contributed by atoms with E-state index in [2.05, 4.69) is 0 Å². The molecule has 15 heavy (non-hydrogen) atoms. The predicted octanol–water partition coefficient (Wildman–Crippen LogP) is 1.23. The normalized spacial score (nSPS) is 9.73. The molecule has 0 aromatic heterocycles. The third-order valence-corrected chi connectivity index (χ3v) is 2.03. The molecule has 80 valence electrons. The average molecular weight is 208 g/mol. The molecule has 1 aromatic carbocycles. The summed E-state index contributed by atoms with van der Waals surface area (Å²) in [5.74, 6) is -0.149. The highest BCUT2D eigenvalue weighted by molar-refractivity contribution is 5.79. The third-order valence-electron chi connectivity index (χ3n) is 2.03. The van der Waals surface area contributed by atoms with Crippen LogP contribution in [0.3, 0.4) is 0 Å². The van der Waals surface area contributed by atoms with Crippen LogP contribution in [0, 0.1) is 10.1 Å². The van der Waals surface area contributed by atoms with E-state index in [-0.39, 0.29) is 18.0 Å². The van der Waals surface area contributed by atoms with Crippen LogP contribution in [0.4, 0.5) is 5.69 Å². The van der Waals surface area contributed by atoms with E-state index >= 15 is 0 Å². The van der Waals surface area contributed by atoms with Crippen LogP contribution in [0.15, 0.2) is 24.3 Å². The molecule has 0 radical (unpaired) electrons. The van der Waals surface area contributed by atoms with Crippen molar-refractivity contribution in [3.63, 3.8) is 0 Å². The maximum atomic E-state index is 11.4. The van der Waals surface area contributed by atoms with E-state index in [4.69, 9.17) is 0 Å². The van der Waals surface area contributed by atoms with Crippen LogP contribution in [0.5, 0.6) is 0 Å². The fourth-order valence-electron chi connectivity index (χ4n) is 1.16. The summed E-state index contributed by atoms with van der Waals surface area (Å²) in [6, 6.07) is 6.27. The van der Waals surface area contributed by atoms with E-state index in [0.717, 1.165) is 0 Å². The molecule has 5 heteroatoms. The van der Waals surface area contributed by atoms with Gasteiger partial charge in [-0.25, -0.2) is 0 Å². The molecule has 0 aliphatic heterocycles. The number of hydrogen-bond donors (Lipinski definition) is 0. The van der Waals surface area contributed by atoms with Crippen LogP contribution in [0.1, 0.15) is 5.56 Å². The molecule has 0 fully saturated rings. The van der Waals surface area contributed by atoms with Gasteiger partial charge in [0.05, 0.1) is 11.3 Å². The van der Waals surface area contributed by atoms with Crippen molar-refractivity contribution in [3.8, 4) is 0 Å². The molecular formula is C10H12N2O3. The highest BCUT2D eigenvalue weighted by atomic mass is 16.6. The van der Waals surface area contributed by atoms with Gasteiger partial charge in [-0.1, -0.05) is 18.2 Å². The summed E-state index contributed by atoms with van der Waals surface area (Å²) in [5, 5.41) is 10.7. The van der Waals surface area contributed by atoms with Crippen LogP contribution >= 0.6 is 0 Å². The molecule has 1 aromatic rings. The summed E-state index contributed by atoms with van der Waals surface area (Å²) in [6.07, 6.45) is 0.0597. The van der Waals surface area contributed by atoms with Gasteiger partial charge in [-0.15, -0.1) is 0 Å². The van der Waals surface area contributed by atoms with Gasteiger partial charge < -0.3 is 4.90 Å². The fraction of sp³-hybridized carbons (Fsp3) is 0.300. The molecule has 0 heterocycles. The first kappa shape index (κ1) is 11.2.